The van der Waals surface area contributed by atoms with Crippen LogP contribution < -0.4 is 19.5 Å². The molecule has 3 aromatic carbocycles. The number of carbonyl (C=O) groups is 1. The molecule has 0 saturated heterocycles. The second kappa shape index (κ2) is 10.0. The first-order valence-electron chi connectivity index (χ1n) is 9.45. The molecule has 0 aliphatic heterocycles. The summed E-state index contributed by atoms with van der Waals surface area (Å²) in [6.45, 7) is 0. The van der Waals surface area contributed by atoms with Crippen LogP contribution in [0.3, 0.4) is 0 Å². The molecular weight excluding hydrogens is 402 g/mol. The second-order valence-corrected chi connectivity index (χ2v) is 7.11. The highest BCUT2D eigenvalue weighted by molar-refractivity contribution is 6.30. The van der Waals surface area contributed by atoms with Crippen molar-refractivity contribution >= 4 is 23.1 Å². The van der Waals surface area contributed by atoms with E-state index in [1.807, 2.05) is 42.5 Å². The second-order valence-electron chi connectivity index (χ2n) is 6.67. The molecule has 0 radical (unpaired) electrons. The largest absolute Gasteiger partial charge is 0.497 e. The number of hydrogen-bond acceptors (Lipinski definition) is 5. The van der Waals surface area contributed by atoms with Crippen molar-refractivity contribution in [2.24, 2.45) is 0 Å². The normalized spacial score (nSPS) is 11.5. The quantitative estimate of drug-likeness (QED) is 0.439. The van der Waals surface area contributed by atoms with Crippen LogP contribution in [0.25, 0.3) is 0 Å². The van der Waals surface area contributed by atoms with E-state index in [0.717, 1.165) is 17.0 Å². The number of halogens is 1. The Morgan fingerprint density at radius 3 is 2.13 bits per heavy atom. The summed E-state index contributed by atoms with van der Waals surface area (Å²) < 4.78 is 16.0. The number of Topliss-reactive ketones (excluding diaryl/α,β-unsaturated/α-hetero) is 1. The number of rotatable bonds is 9. The van der Waals surface area contributed by atoms with Gasteiger partial charge in [0, 0.05) is 22.7 Å². The molecule has 0 bridgehead atoms. The van der Waals surface area contributed by atoms with Gasteiger partial charge in [-0.05, 0) is 66.2 Å². The number of anilines is 1. The third-order valence-electron chi connectivity index (χ3n) is 4.80. The van der Waals surface area contributed by atoms with E-state index in [1.54, 1.807) is 45.6 Å². The number of benzene rings is 3. The van der Waals surface area contributed by atoms with E-state index in [2.05, 4.69) is 5.32 Å². The molecule has 0 heterocycles. The van der Waals surface area contributed by atoms with Crippen LogP contribution >= 0.6 is 11.6 Å². The maximum Gasteiger partial charge on any atom is 0.165 e. The Balaban J connectivity index is 1.90. The van der Waals surface area contributed by atoms with Crippen molar-refractivity contribution in [1.29, 1.82) is 0 Å². The van der Waals surface area contributed by atoms with Crippen molar-refractivity contribution in [3.63, 3.8) is 0 Å². The lowest BCUT2D eigenvalue weighted by Gasteiger charge is -2.21. The monoisotopic (exact) mass is 425 g/mol. The van der Waals surface area contributed by atoms with Gasteiger partial charge in [0.15, 0.2) is 17.3 Å². The third kappa shape index (κ3) is 5.24. The highest BCUT2D eigenvalue weighted by Crippen LogP contribution is 2.33. The lowest BCUT2D eigenvalue weighted by Crippen LogP contribution is -2.16. The van der Waals surface area contributed by atoms with Crippen LogP contribution in [0.4, 0.5) is 5.69 Å². The summed E-state index contributed by atoms with van der Waals surface area (Å²) in [7, 11) is 4.81. The van der Waals surface area contributed by atoms with Gasteiger partial charge in [0.05, 0.1) is 27.4 Å². The molecule has 0 aliphatic rings. The van der Waals surface area contributed by atoms with Gasteiger partial charge in [-0.15, -0.1) is 0 Å². The molecular formula is C24H24ClNO4. The molecule has 156 valence electrons. The van der Waals surface area contributed by atoms with E-state index < -0.39 is 0 Å². The predicted molar refractivity (Wildman–Crippen MR) is 119 cm³/mol. The van der Waals surface area contributed by atoms with Gasteiger partial charge >= 0.3 is 0 Å². The predicted octanol–water partition coefficient (Wildman–Crippen LogP) is 5.79. The minimum absolute atomic E-state index is 0.00691. The van der Waals surface area contributed by atoms with Gasteiger partial charge in [-0.3, -0.25) is 4.79 Å². The van der Waals surface area contributed by atoms with Crippen molar-refractivity contribution in [3.8, 4) is 17.2 Å². The fourth-order valence-electron chi connectivity index (χ4n) is 3.15. The van der Waals surface area contributed by atoms with E-state index >= 15 is 0 Å². The van der Waals surface area contributed by atoms with Crippen molar-refractivity contribution in [1.82, 2.24) is 0 Å². The van der Waals surface area contributed by atoms with Crippen LogP contribution in [0.15, 0.2) is 66.7 Å². The summed E-state index contributed by atoms with van der Waals surface area (Å²) in [5, 5.41) is 4.05. The first kappa shape index (κ1) is 21.5. The summed E-state index contributed by atoms with van der Waals surface area (Å²) in [4.78, 5) is 12.9. The Labute approximate surface area is 181 Å². The first-order chi connectivity index (χ1) is 14.5. The number of ether oxygens (including phenoxy) is 3. The minimum Gasteiger partial charge on any atom is -0.497 e. The molecule has 0 spiro atoms. The van der Waals surface area contributed by atoms with Gasteiger partial charge in [0.1, 0.15) is 5.75 Å². The topological polar surface area (TPSA) is 56.8 Å². The van der Waals surface area contributed by atoms with Gasteiger partial charge in [0.25, 0.3) is 0 Å². The molecule has 1 atom stereocenters. The molecule has 3 aromatic rings. The van der Waals surface area contributed by atoms with E-state index in [1.165, 1.54) is 0 Å². The SMILES string of the molecule is COc1ccc(NC(CC(=O)c2ccc(Cl)cc2)c2ccc(OC)c(OC)c2)cc1. The first-order valence-corrected chi connectivity index (χ1v) is 9.83. The van der Waals surface area contributed by atoms with Crippen LogP contribution in [-0.2, 0) is 0 Å². The van der Waals surface area contributed by atoms with Crippen LogP contribution in [0.5, 0.6) is 17.2 Å². The number of carbonyl (C=O) groups excluding carboxylic acids is 1. The van der Waals surface area contributed by atoms with Gasteiger partial charge in [-0.25, -0.2) is 0 Å². The van der Waals surface area contributed by atoms with E-state index in [0.29, 0.717) is 22.1 Å². The Morgan fingerprint density at radius 2 is 1.53 bits per heavy atom. The molecule has 1 unspecified atom stereocenters. The molecule has 0 aliphatic carbocycles. The highest BCUT2D eigenvalue weighted by atomic mass is 35.5. The summed E-state index contributed by atoms with van der Waals surface area (Å²) in [6.07, 6.45) is 0.253. The molecule has 30 heavy (non-hydrogen) atoms. The van der Waals surface area contributed by atoms with Crippen LogP contribution in [-0.4, -0.2) is 27.1 Å². The van der Waals surface area contributed by atoms with E-state index in [4.69, 9.17) is 25.8 Å². The summed E-state index contributed by atoms with van der Waals surface area (Å²) >= 11 is 5.95. The number of nitrogens with one attached hydrogen (secondary N) is 1. The molecule has 6 heteroatoms. The molecule has 0 aromatic heterocycles. The molecule has 0 fully saturated rings. The number of ketones is 1. The number of hydrogen-bond donors (Lipinski definition) is 1. The van der Waals surface area contributed by atoms with Crippen molar-refractivity contribution in [2.45, 2.75) is 12.5 Å². The van der Waals surface area contributed by atoms with E-state index in [9.17, 15) is 4.79 Å². The summed E-state index contributed by atoms with van der Waals surface area (Å²) in [6, 6.07) is 19.9. The summed E-state index contributed by atoms with van der Waals surface area (Å²) in [5.74, 6) is 2.01. The molecule has 1 N–H and O–H groups in total. The molecule has 3 rings (SSSR count). The zero-order valence-electron chi connectivity index (χ0n) is 17.1. The number of methoxy groups -OCH3 is 3. The Morgan fingerprint density at radius 1 is 0.867 bits per heavy atom. The Kier molecular flexibility index (Phi) is 7.20. The van der Waals surface area contributed by atoms with Crippen molar-refractivity contribution in [3.05, 3.63) is 82.9 Å². The standard InChI is InChI=1S/C24H24ClNO4/c1-28-20-11-9-19(10-12-20)26-21(15-22(27)16-4-7-18(25)8-5-16)17-6-13-23(29-2)24(14-17)30-3/h4-14,21,26H,15H2,1-3H3. The molecule has 0 amide bonds. The maximum atomic E-state index is 12.9. The fraction of sp³-hybridized carbons (Fsp3) is 0.208. The molecule has 0 saturated carbocycles. The minimum atomic E-state index is -0.277. The zero-order chi connectivity index (χ0) is 21.5. The van der Waals surface area contributed by atoms with Gasteiger partial charge in [-0.1, -0.05) is 17.7 Å². The Hall–Kier alpha value is -3.18. The van der Waals surface area contributed by atoms with Crippen molar-refractivity contribution in [2.75, 3.05) is 26.6 Å². The van der Waals surface area contributed by atoms with Gasteiger partial charge in [0.2, 0.25) is 0 Å². The van der Waals surface area contributed by atoms with Crippen LogP contribution in [0, 0.1) is 0 Å². The van der Waals surface area contributed by atoms with Gasteiger partial charge in [-0.2, -0.15) is 0 Å². The maximum absolute atomic E-state index is 12.9. The zero-order valence-corrected chi connectivity index (χ0v) is 17.9. The Bertz CT molecular complexity index is 987. The van der Waals surface area contributed by atoms with E-state index in [-0.39, 0.29) is 18.2 Å². The van der Waals surface area contributed by atoms with Crippen molar-refractivity contribution < 1.29 is 19.0 Å². The third-order valence-corrected chi connectivity index (χ3v) is 5.05. The average molecular weight is 426 g/mol. The molecule has 5 nitrogen and oxygen atoms in total. The fourth-order valence-corrected chi connectivity index (χ4v) is 3.28. The van der Waals surface area contributed by atoms with Crippen LogP contribution in [0.2, 0.25) is 5.02 Å². The smallest absolute Gasteiger partial charge is 0.165 e. The lowest BCUT2D eigenvalue weighted by atomic mass is 9.97. The lowest BCUT2D eigenvalue weighted by molar-refractivity contribution is 0.0976. The average Bonchev–Trinajstić information content (AvgIpc) is 2.79. The summed E-state index contributed by atoms with van der Waals surface area (Å²) in [5.41, 5.74) is 2.40. The highest BCUT2D eigenvalue weighted by Gasteiger charge is 2.19. The van der Waals surface area contributed by atoms with Crippen LogP contribution in [0.1, 0.15) is 28.4 Å². The van der Waals surface area contributed by atoms with Gasteiger partial charge < -0.3 is 19.5 Å².